The molecule has 1 atom stereocenters. The van der Waals surface area contributed by atoms with Crippen molar-refractivity contribution in [1.29, 1.82) is 0 Å². The summed E-state index contributed by atoms with van der Waals surface area (Å²) in [6.07, 6.45) is 4.05. The van der Waals surface area contributed by atoms with E-state index in [9.17, 15) is 23.1 Å². The summed E-state index contributed by atoms with van der Waals surface area (Å²) in [6, 6.07) is 7.19. The maximum atomic E-state index is 12.8. The number of benzene rings is 1. The smallest absolute Gasteiger partial charge is 0.324 e. The molecule has 0 saturated heterocycles. The third kappa shape index (κ3) is 3.59. The van der Waals surface area contributed by atoms with Crippen molar-refractivity contribution in [1.82, 2.24) is 9.55 Å². The summed E-state index contributed by atoms with van der Waals surface area (Å²) in [5.74, 6) is -1.42. The number of thiazole rings is 1. The number of pyridine rings is 1. The number of carbonyl (C=O) groups is 1. The van der Waals surface area contributed by atoms with Crippen molar-refractivity contribution < 1.29 is 18.3 Å². The summed E-state index contributed by atoms with van der Waals surface area (Å²) in [4.78, 5) is 29.7. The summed E-state index contributed by atoms with van der Waals surface area (Å²) in [5, 5.41) is 11.5. The van der Waals surface area contributed by atoms with Gasteiger partial charge >= 0.3 is 5.97 Å². The number of aromatic nitrogens is 2. The van der Waals surface area contributed by atoms with E-state index in [0.29, 0.717) is 5.39 Å². The second-order valence-electron chi connectivity index (χ2n) is 6.95. The number of hydrogen-bond acceptors (Lipinski definition) is 6. The van der Waals surface area contributed by atoms with E-state index in [0.717, 1.165) is 27.1 Å². The molecule has 0 fully saturated rings. The number of aliphatic carboxylic acids is 1. The maximum absolute atomic E-state index is 12.8. The molecule has 1 aromatic carbocycles. The van der Waals surface area contributed by atoms with Gasteiger partial charge in [-0.1, -0.05) is 6.07 Å². The van der Waals surface area contributed by atoms with Crippen LogP contribution in [-0.4, -0.2) is 40.0 Å². The molecule has 0 aliphatic carbocycles. The molecular weight excluding hydrogens is 400 g/mol. The molecule has 1 N–H and O–H groups in total. The number of sulfone groups is 1. The van der Waals surface area contributed by atoms with Crippen molar-refractivity contribution in [3.63, 3.8) is 0 Å². The van der Waals surface area contributed by atoms with Gasteiger partial charge < -0.3 is 9.67 Å². The topological polar surface area (TPSA) is 106 Å². The number of carboxylic acid groups (broad SMARTS) is 1. The Kier molecular flexibility index (Phi) is 5.16. The molecule has 28 heavy (non-hydrogen) atoms. The first-order valence-corrected chi connectivity index (χ1v) is 11.2. The number of nitrogens with zero attached hydrogens (tertiary/aromatic N) is 2. The predicted octanol–water partition coefficient (Wildman–Crippen LogP) is 2.71. The number of fused-ring (bicyclic) bond motifs is 1. The molecule has 0 amide bonds. The van der Waals surface area contributed by atoms with Crippen molar-refractivity contribution in [2.75, 3.05) is 6.26 Å². The van der Waals surface area contributed by atoms with Gasteiger partial charge in [0, 0.05) is 41.0 Å². The third-order valence-corrected chi connectivity index (χ3v) is 7.92. The highest BCUT2D eigenvalue weighted by Crippen LogP contribution is 2.27. The normalized spacial score (nSPS) is 14.1. The van der Waals surface area contributed by atoms with Crippen LogP contribution in [0.4, 0.5) is 0 Å². The van der Waals surface area contributed by atoms with Crippen LogP contribution in [-0.2, 0) is 21.2 Å². The lowest BCUT2D eigenvalue weighted by atomic mass is 10.1. The lowest BCUT2D eigenvalue weighted by molar-refractivity contribution is -0.139. The van der Waals surface area contributed by atoms with Gasteiger partial charge in [0.1, 0.15) is 5.01 Å². The summed E-state index contributed by atoms with van der Waals surface area (Å²) >= 11 is 1.57. The van der Waals surface area contributed by atoms with Crippen LogP contribution in [0.3, 0.4) is 0 Å². The van der Waals surface area contributed by atoms with Crippen LogP contribution in [0.15, 0.2) is 41.5 Å². The van der Waals surface area contributed by atoms with Gasteiger partial charge in [0.15, 0.2) is 14.6 Å². The predicted molar refractivity (Wildman–Crippen MR) is 110 cm³/mol. The van der Waals surface area contributed by atoms with Crippen LogP contribution in [0, 0.1) is 6.92 Å². The van der Waals surface area contributed by atoms with Crippen LogP contribution >= 0.6 is 11.3 Å². The quantitative estimate of drug-likeness (QED) is 0.657. The standard InChI is InChI=1S/C19H20N2O5S2/c1-12-11-20-16(27-12)14-4-5-15-13(10-14)6-8-21(17(15)22)9-7-19(2,18(23)24)28(3,25)26/h4-6,8,10-11H,7,9H2,1-3H3,(H,23,24). The second-order valence-corrected chi connectivity index (χ2v) is 10.6. The first-order valence-electron chi connectivity index (χ1n) is 8.52. The fraction of sp³-hybridized carbons (Fsp3) is 0.316. The van der Waals surface area contributed by atoms with E-state index in [1.54, 1.807) is 35.9 Å². The average molecular weight is 421 g/mol. The van der Waals surface area contributed by atoms with E-state index in [-0.39, 0.29) is 18.5 Å². The van der Waals surface area contributed by atoms with Crippen LogP contribution in [0.5, 0.6) is 0 Å². The van der Waals surface area contributed by atoms with Crippen molar-refractivity contribution in [2.45, 2.75) is 31.6 Å². The molecule has 0 aliphatic heterocycles. The van der Waals surface area contributed by atoms with E-state index in [1.807, 2.05) is 19.1 Å². The molecule has 2 heterocycles. The van der Waals surface area contributed by atoms with Gasteiger partial charge in [-0.2, -0.15) is 0 Å². The Morgan fingerprint density at radius 2 is 2.04 bits per heavy atom. The van der Waals surface area contributed by atoms with Gasteiger partial charge in [-0.05, 0) is 43.9 Å². The Morgan fingerprint density at radius 1 is 1.32 bits per heavy atom. The fourth-order valence-corrected chi connectivity index (χ4v) is 4.41. The summed E-state index contributed by atoms with van der Waals surface area (Å²) in [6.45, 7) is 3.12. The Bertz CT molecular complexity index is 1230. The zero-order valence-corrected chi connectivity index (χ0v) is 17.3. The lowest BCUT2D eigenvalue weighted by Crippen LogP contribution is -2.44. The summed E-state index contributed by atoms with van der Waals surface area (Å²) in [7, 11) is -3.84. The largest absolute Gasteiger partial charge is 0.480 e. The first kappa shape index (κ1) is 20.2. The van der Waals surface area contributed by atoms with Crippen molar-refractivity contribution in [3.05, 3.63) is 51.9 Å². The van der Waals surface area contributed by atoms with E-state index >= 15 is 0 Å². The summed E-state index contributed by atoms with van der Waals surface area (Å²) < 4.78 is 23.2. The van der Waals surface area contributed by atoms with Gasteiger partial charge in [-0.15, -0.1) is 11.3 Å². The molecule has 2 aromatic heterocycles. The molecule has 9 heteroatoms. The Labute approximate surface area is 166 Å². The molecule has 0 aliphatic rings. The SMILES string of the molecule is Cc1cnc(-c2ccc3c(=O)n(CCC(C)(C(=O)O)S(C)(=O)=O)ccc3c2)s1. The van der Waals surface area contributed by atoms with E-state index in [1.165, 1.54) is 11.5 Å². The lowest BCUT2D eigenvalue weighted by Gasteiger charge is -2.23. The zero-order valence-electron chi connectivity index (χ0n) is 15.7. The van der Waals surface area contributed by atoms with Crippen molar-refractivity contribution in [3.8, 4) is 10.6 Å². The van der Waals surface area contributed by atoms with Crippen LogP contribution < -0.4 is 5.56 Å². The van der Waals surface area contributed by atoms with Gasteiger partial charge in [0.2, 0.25) is 0 Å². The molecule has 0 bridgehead atoms. The highest BCUT2D eigenvalue weighted by atomic mass is 32.2. The maximum Gasteiger partial charge on any atom is 0.324 e. The highest BCUT2D eigenvalue weighted by molar-refractivity contribution is 7.92. The van der Waals surface area contributed by atoms with Gasteiger partial charge in [0.25, 0.3) is 5.56 Å². The fourth-order valence-electron chi connectivity index (χ4n) is 2.87. The van der Waals surface area contributed by atoms with Gasteiger partial charge in [-0.3, -0.25) is 9.59 Å². The minimum atomic E-state index is -3.84. The molecule has 0 saturated carbocycles. The number of carboxylic acids is 1. The molecule has 3 rings (SSSR count). The van der Waals surface area contributed by atoms with E-state index in [4.69, 9.17) is 0 Å². The monoisotopic (exact) mass is 420 g/mol. The minimum absolute atomic E-state index is 0.0158. The van der Waals surface area contributed by atoms with E-state index in [2.05, 4.69) is 4.98 Å². The van der Waals surface area contributed by atoms with Gasteiger partial charge in [-0.25, -0.2) is 13.4 Å². The molecule has 148 valence electrons. The average Bonchev–Trinajstić information content (AvgIpc) is 3.06. The minimum Gasteiger partial charge on any atom is -0.480 e. The Hall–Kier alpha value is -2.52. The second kappa shape index (κ2) is 7.14. The molecule has 3 aromatic rings. The van der Waals surface area contributed by atoms with Crippen LogP contribution in [0.25, 0.3) is 21.3 Å². The molecule has 0 radical (unpaired) electrons. The molecule has 0 spiro atoms. The Balaban J connectivity index is 1.95. The van der Waals surface area contributed by atoms with Gasteiger partial charge in [0.05, 0.1) is 0 Å². The first-order chi connectivity index (χ1) is 13.0. The summed E-state index contributed by atoms with van der Waals surface area (Å²) in [5.41, 5.74) is 0.624. The van der Waals surface area contributed by atoms with Crippen molar-refractivity contribution in [2.24, 2.45) is 0 Å². The number of aryl methyl sites for hydroxylation is 2. The van der Waals surface area contributed by atoms with Crippen LogP contribution in [0.2, 0.25) is 0 Å². The number of hydrogen-bond donors (Lipinski definition) is 1. The van der Waals surface area contributed by atoms with E-state index < -0.39 is 20.6 Å². The molecule has 1 unspecified atom stereocenters. The third-order valence-electron chi connectivity index (χ3n) is 4.95. The number of rotatable bonds is 6. The Morgan fingerprint density at radius 3 is 2.61 bits per heavy atom. The van der Waals surface area contributed by atoms with Crippen molar-refractivity contribution >= 4 is 37.9 Å². The zero-order chi connectivity index (χ0) is 20.7. The van der Waals surface area contributed by atoms with Crippen LogP contribution in [0.1, 0.15) is 18.2 Å². The molecular formula is C19H20N2O5S2. The molecule has 7 nitrogen and oxygen atoms in total. The highest BCUT2D eigenvalue weighted by Gasteiger charge is 2.43.